The van der Waals surface area contributed by atoms with Crippen molar-refractivity contribution in [2.45, 2.75) is 26.8 Å². The third-order valence-electron chi connectivity index (χ3n) is 3.46. The molecule has 2 heterocycles. The van der Waals surface area contributed by atoms with Crippen molar-refractivity contribution < 1.29 is 24.2 Å². The first kappa shape index (κ1) is 17.7. The number of carbonyl (C=O) groups is 3. The summed E-state index contributed by atoms with van der Waals surface area (Å²) in [4.78, 5) is 35.6. The highest BCUT2D eigenvalue weighted by Crippen LogP contribution is 2.33. The van der Waals surface area contributed by atoms with Crippen molar-refractivity contribution in [2.75, 3.05) is 12.4 Å². The molecule has 0 aliphatic rings. The van der Waals surface area contributed by atoms with Crippen LogP contribution < -0.4 is 5.32 Å². The van der Waals surface area contributed by atoms with E-state index in [1.165, 1.54) is 35.4 Å². The van der Waals surface area contributed by atoms with E-state index < -0.39 is 11.9 Å². The lowest BCUT2D eigenvalue weighted by Crippen LogP contribution is -2.16. The number of aromatic nitrogens is 2. The average Bonchev–Trinajstić information content (AvgIpc) is 3.11. The van der Waals surface area contributed by atoms with Gasteiger partial charge in [-0.1, -0.05) is 0 Å². The minimum absolute atomic E-state index is 0.0760. The van der Waals surface area contributed by atoms with Crippen LogP contribution in [0.4, 0.5) is 5.00 Å². The number of carboxylic acid groups (broad SMARTS) is 1. The molecule has 0 aliphatic carbocycles. The van der Waals surface area contributed by atoms with E-state index in [0.717, 1.165) is 10.4 Å². The number of nitrogens with one attached hydrogen (secondary N) is 1. The van der Waals surface area contributed by atoms with Crippen LogP contribution in [0.15, 0.2) is 12.3 Å². The van der Waals surface area contributed by atoms with Gasteiger partial charge in [-0.2, -0.15) is 5.10 Å². The number of amides is 1. The molecule has 0 saturated heterocycles. The van der Waals surface area contributed by atoms with Crippen molar-refractivity contribution in [3.63, 3.8) is 0 Å². The van der Waals surface area contributed by atoms with Gasteiger partial charge in [-0.25, -0.2) is 9.59 Å². The average molecular weight is 351 g/mol. The monoisotopic (exact) mass is 351 g/mol. The van der Waals surface area contributed by atoms with E-state index in [4.69, 9.17) is 9.84 Å². The Hall–Kier alpha value is -2.68. The topological polar surface area (TPSA) is 111 Å². The molecule has 0 radical (unpaired) electrons. The van der Waals surface area contributed by atoms with Crippen molar-refractivity contribution >= 4 is 34.2 Å². The molecule has 2 aromatic rings. The quantitative estimate of drug-likeness (QED) is 0.771. The highest BCUT2D eigenvalue weighted by atomic mass is 32.1. The predicted molar refractivity (Wildman–Crippen MR) is 87.6 cm³/mol. The molecule has 1 amide bonds. The molecular formula is C15H17N3O5S. The number of hydrogen-bond donors (Lipinski definition) is 2. The van der Waals surface area contributed by atoms with Crippen molar-refractivity contribution in [3.8, 4) is 0 Å². The predicted octanol–water partition coefficient (Wildman–Crippen LogP) is 2.08. The third kappa shape index (κ3) is 3.80. The van der Waals surface area contributed by atoms with Crippen LogP contribution in [0.5, 0.6) is 0 Å². The fourth-order valence-electron chi connectivity index (χ4n) is 2.07. The highest BCUT2D eigenvalue weighted by Gasteiger charge is 2.21. The maximum absolute atomic E-state index is 12.1. The SMILES string of the molecule is COC(=O)c1c(NC(=O)CCn2ccc(C(=O)O)n2)sc(C)c1C. The number of anilines is 1. The van der Waals surface area contributed by atoms with Crippen molar-refractivity contribution in [3.05, 3.63) is 34.0 Å². The fraction of sp³-hybridized carbons (Fsp3) is 0.333. The van der Waals surface area contributed by atoms with E-state index >= 15 is 0 Å². The molecular weight excluding hydrogens is 334 g/mol. The van der Waals surface area contributed by atoms with Gasteiger partial charge in [0.05, 0.1) is 12.7 Å². The van der Waals surface area contributed by atoms with E-state index in [1.54, 1.807) is 6.92 Å². The Bertz CT molecular complexity index is 793. The number of aryl methyl sites for hydroxylation is 2. The highest BCUT2D eigenvalue weighted by molar-refractivity contribution is 7.16. The molecule has 2 N–H and O–H groups in total. The second-order valence-electron chi connectivity index (χ2n) is 5.05. The largest absolute Gasteiger partial charge is 0.476 e. The summed E-state index contributed by atoms with van der Waals surface area (Å²) in [5.74, 6) is -1.91. The Kier molecular flexibility index (Phi) is 5.35. The van der Waals surface area contributed by atoms with Crippen molar-refractivity contribution in [2.24, 2.45) is 0 Å². The molecule has 9 heteroatoms. The van der Waals surface area contributed by atoms with Crippen LogP contribution in [0.2, 0.25) is 0 Å². The molecule has 2 rings (SSSR count). The first-order valence-electron chi connectivity index (χ1n) is 7.08. The standard InChI is InChI=1S/C15H17N3O5S/c1-8-9(2)24-13(12(8)15(22)23-3)16-11(19)5-7-18-6-4-10(17-18)14(20)21/h4,6H,5,7H2,1-3H3,(H,16,19)(H,20,21). The lowest BCUT2D eigenvalue weighted by atomic mass is 10.1. The molecule has 0 bridgehead atoms. The molecule has 0 fully saturated rings. The first-order valence-corrected chi connectivity index (χ1v) is 7.90. The van der Waals surface area contributed by atoms with Gasteiger partial charge in [0, 0.05) is 24.0 Å². The summed E-state index contributed by atoms with van der Waals surface area (Å²) in [6.45, 7) is 3.89. The Balaban J connectivity index is 2.03. The molecule has 0 unspecified atom stereocenters. The van der Waals surface area contributed by atoms with Gasteiger partial charge in [-0.05, 0) is 25.5 Å². The molecule has 0 spiro atoms. The summed E-state index contributed by atoms with van der Waals surface area (Å²) in [6.07, 6.45) is 1.59. The van der Waals surface area contributed by atoms with Crippen LogP contribution in [0.3, 0.4) is 0 Å². The smallest absolute Gasteiger partial charge is 0.356 e. The van der Waals surface area contributed by atoms with Gasteiger partial charge in [0.25, 0.3) is 0 Å². The molecule has 24 heavy (non-hydrogen) atoms. The Morgan fingerprint density at radius 3 is 2.67 bits per heavy atom. The van der Waals surface area contributed by atoms with Crippen molar-refractivity contribution in [1.82, 2.24) is 9.78 Å². The zero-order valence-corrected chi connectivity index (χ0v) is 14.3. The fourth-order valence-corrected chi connectivity index (χ4v) is 3.13. The number of nitrogens with zero attached hydrogens (tertiary/aromatic N) is 2. The number of rotatable bonds is 6. The minimum atomic E-state index is -1.12. The number of esters is 1. The lowest BCUT2D eigenvalue weighted by Gasteiger charge is -2.06. The molecule has 128 valence electrons. The molecule has 0 aromatic carbocycles. The first-order chi connectivity index (χ1) is 11.3. The van der Waals surface area contributed by atoms with Crippen LogP contribution in [-0.4, -0.2) is 39.8 Å². The molecule has 2 aromatic heterocycles. The second kappa shape index (κ2) is 7.26. The minimum Gasteiger partial charge on any atom is -0.476 e. The second-order valence-corrected chi connectivity index (χ2v) is 6.27. The molecule has 8 nitrogen and oxygen atoms in total. The number of aromatic carboxylic acids is 1. The molecule has 0 atom stereocenters. The number of thiophene rings is 1. The van der Waals surface area contributed by atoms with Gasteiger partial charge in [-0.15, -0.1) is 11.3 Å². The van der Waals surface area contributed by atoms with E-state index in [-0.39, 0.29) is 24.6 Å². The summed E-state index contributed by atoms with van der Waals surface area (Å²) < 4.78 is 6.14. The van der Waals surface area contributed by atoms with Gasteiger partial charge in [-0.3, -0.25) is 9.48 Å². The van der Waals surface area contributed by atoms with Gasteiger partial charge >= 0.3 is 11.9 Å². The number of methoxy groups -OCH3 is 1. The Morgan fingerprint density at radius 2 is 2.08 bits per heavy atom. The van der Waals surface area contributed by atoms with Gasteiger partial charge < -0.3 is 15.2 Å². The third-order valence-corrected chi connectivity index (χ3v) is 4.58. The lowest BCUT2D eigenvalue weighted by molar-refractivity contribution is -0.116. The maximum atomic E-state index is 12.1. The van der Waals surface area contributed by atoms with E-state index in [0.29, 0.717) is 10.6 Å². The zero-order valence-electron chi connectivity index (χ0n) is 13.5. The van der Waals surface area contributed by atoms with E-state index in [2.05, 4.69) is 10.4 Å². The van der Waals surface area contributed by atoms with Gasteiger partial charge in [0.15, 0.2) is 5.69 Å². The van der Waals surface area contributed by atoms with Crippen LogP contribution in [0.1, 0.15) is 37.7 Å². The van der Waals surface area contributed by atoms with Crippen molar-refractivity contribution in [1.29, 1.82) is 0 Å². The summed E-state index contributed by atoms with van der Waals surface area (Å²) in [5, 5.41) is 15.8. The zero-order chi connectivity index (χ0) is 17.9. The number of carbonyl (C=O) groups excluding carboxylic acids is 2. The van der Waals surface area contributed by atoms with E-state index in [9.17, 15) is 14.4 Å². The maximum Gasteiger partial charge on any atom is 0.356 e. The number of hydrogen-bond acceptors (Lipinski definition) is 6. The normalized spacial score (nSPS) is 10.5. The number of carboxylic acids is 1. The summed E-state index contributed by atoms with van der Waals surface area (Å²) >= 11 is 1.31. The van der Waals surface area contributed by atoms with E-state index in [1.807, 2.05) is 6.92 Å². The summed E-state index contributed by atoms with van der Waals surface area (Å²) in [5.41, 5.74) is 1.06. The Morgan fingerprint density at radius 1 is 1.38 bits per heavy atom. The van der Waals surface area contributed by atoms with Crippen LogP contribution in [-0.2, 0) is 16.1 Å². The van der Waals surface area contributed by atoms with Crippen LogP contribution in [0, 0.1) is 13.8 Å². The molecule has 0 aliphatic heterocycles. The van der Waals surface area contributed by atoms with Gasteiger partial charge in [0.2, 0.25) is 5.91 Å². The summed E-state index contributed by atoms with van der Waals surface area (Å²) in [7, 11) is 1.29. The molecule has 0 saturated carbocycles. The van der Waals surface area contributed by atoms with Crippen LogP contribution in [0.25, 0.3) is 0 Å². The van der Waals surface area contributed by atoms with Gasteiger partial charge in [0.1, 0.15) is 5.00 Å². The Labute approximate surface area is 142 Å². The summed E-state index contributed by atoms with van der Waals surface area (Å²) in [6, 6.07) is 1.36. The number of ether oxygens (including phenoxy) is 1. The van der Waals surface area contributed by atoms with Crippen LogP contribution >= 0.6 is 11.3 Å².